The maximum absolute atomic E-state index is 11.9. The molecule has 0 spiro atoms. The third-order valence-corrected chi connectivity index (χ3v) is 4.67. The van der Waals surface area contributed by atoms with Crippen LogP contribution in [0.5, 0.6) is 0 Å². The van der Waals surface area contributed by atoms with Crippen molar-refractivity contribution in [2.75, 3.05) is 0 Å². The van der Waals surface area contributed by atoms with Gasteiger partial charge in [0, 0.05) is 24.5 Å². The predicted octanol–water partition coefficient (Wildman–Crippen LogP) is 4.01. The number of hydrogen-bond acceptors (Lipinski definition) is 3. The minimum Gasteiger partial charge on any atom is -0.512 e. The molecule has 0 saturated heterocycles. The fraction of sp³-hybridized carbons (Fsp3) is 0.444. The fourth-order valence-electron chi connectivity index (χ4n) is 3.56. The average Bonchev–Trinajstić information content (AvgIpc) is 2.35. The molecule has 1 aliphatic rings. The number of aliphatic hydroxyl groups excluding tert-OH is 1. The van der Waals surface area contributed by atoms with E-state index in [-0.39, 0.29) is 23.2 Å². The van der Waals surface area contributed by atoms with E-state index in [9.17, 15) is 14.7 Å². The van der Waals surface area contributed by atoms with Crippen LogP contribution in [0.1, 0.15) is 63.9 Å². The Morgan fingerprint density at radius 2 is 1.57 bits per heavy atom. The number of benzene rings is 1. The van der Waals surface area contributed by atoms with E-state index in [0.717, 1.165) is 33.4 Å². The number of rotatable bonds is 2. The number of allylic oxidation sites excluding steroid dienone is 2. The van der Waals surface area contributed by atoms with Gasteiger partial charge in [-0.25, -0.2) is 0 Å². The first-order valence-electron chi connectivity index (χ1n) is 7.27. The van der Waals surface area contributed by atoms with E-state index in [1.54, 1.807) is 6.92 Å². The van der Waals surface area contributed by atoms with E-state index in [2.05, 4.69) is 0 Å². The molecule has 2 rings (SSSR count). The molecule has 1 aromatic carbocycles. The molecule has 0 amide bonds. The van der Waals surface area contributed by atoms with Crippen molar-refractivity contribution in [3.63, 3.8) is 0 Å². The van der Waals surface area contributed by atoms with Gasteiger partial charge in [0.2, 0.25) is 0 Å². The first-order valence-corrected chi connectivity index (χ1v) is 7.27. The van der Waals surface area contributed by atoms with Crippen molar-refractivity contribution in [1.82, 2.24) is 0 Å². The summed E-state index contributed by atoms with van der Waals surface area (Å²) in [6, 6.07) is 0. The van der Waals surface area contributed by atoms with Crippen LogP contribution in [-0.4, -0.2) is 16.7 Å². The van der Waals surface area contributed by atoms with Crippen molar-refractivity contribution in [3.8, 4) is 0 Å². The largest absolute Gasteiger partial charge is 0.512 e. The maximum atomic E-state index is 11.9. The molecule has 3 nitrogen and oxygen atoms in total. The third-order valence-electron chi connectivity index (χ3n) is 4.67. The average molecular weight is 286 g/mol. The SMILES string of the molecule is CC(=O)c1c(C)c(C)c(C2CC(=O)C=C(O)C2)c(C)c1C. The molecule has 1 unspecified atom stereocenters. The van der Waals surface area contributed by atoms with Gasteiger partial charge in [0.1, 0.15) is 0 Å². The third kappa shape index (κ3) is 2.65. The Hall–Kier alpha value is -1.90. The molecule has 0 aliphatic heterocycles. The highest BCUT2D eigenvalue weighted by Crippen LogP contribution is 2.38. The Morgan fingerprint density at radius 1 is 1.05 bits per heavy atom. The summed E-state index contributed by atoms with van der Waals surface area (Å²) in [6.45, 7) is 9.52. The molecule has 0 radical (unpaired) electrons. The van der Waals surface area contributed by atoms with Crippen molar-refractivity contribution in [2.45, 2.75) is 53.4 Å². The molecule has 1 aromatic rings. The summed E-state index contributed by atoms with van der Waals surface area (Å²) in [5, 5.41) is 9.76. The monoisotopic (exact) mass is 286 g/mol. The highest BCUT2D eigenvalue weighted by atomic mass is 16.3. The van der Waals surface area contributed by atoms with Gasteiger partial charge < -0.3 is 5.11 Å². The van der Waals surface area contributed by atoms with Crippen molar-refractivity contribution >= 4 is 11.6 Å². The molecule has 0 fully saturated rings. The topological polar surface area (TPSA) is 54.4 Å². The zero-order valence-electron chi connectivity index (χ0n) is 13.3. The van der Waals surface area contributed by atoms with Crippen LogP contribution in [0.25, 0.3) is 0 Å². The molecule has 1 N–H and O–H groups in total. The second-order valence-electron chi connectivity index (χ2n) is 6.05. The minimum absolute atomic E-state index is 0.000841. The number of carbonyl (C=O) groups excluding carboxylic acids is 2. The van der Waals surface area contributed by atoms with Gasteiger partial charge >= 0.3 is 0 Å². The van der Waals surface area contributed by atoms with Gasteiger partial charge in [0.25, 0.3) is 0 Å². The Kier molecular flexibility index (Phi) is 4.04. The lowest BCUT2D eigenvalue weighted by Crippen LogP contribution is -2.17. The summed E-state index contributed by atoms with van der Waals surface area (Å²) in [5.74, 6) is 0.195. The molecule has 1 aliphatic carbocycles. The van der Waals surface area contributed by atoms with Crippen LogP contribution in [0.2, 0.25) is 0 Å². The highest BCUT2D eigenvalue weighted by molar-refractivity contribution is 5.98. The number of aliphatic hydroxyl groups is 1. The molecule has 0 bridgehead atoms. The second kappa shape index (κ2) is 5.47. The van der Waals surface area contributed by atoms with Gasteiger partial charge in [-0.1, -0.05) is 0 Å². The predicted molar refractivity (Wildman–Crippen MR) is 83.1 cm³/mol. The molecule has 3 heteroatoms. The lowest BCUT2D eigenvalue weighted by Gasteiger charge is -2.27. The normalized spacial score (nSPS) is 18.6. The van der Waals surface area contributed by atoms with Gasteiger partial charge in [-0.05, 0) is 68.4 Å². The van der Waals surface area contributed by atoms with Crippen molar-refractivity contribution in [1.29, 1.82) is 0 Å². The lowest BCUT2D eigenvalue weighted by molar-refractivity contribution is -0.115. The van der Waals surface area contributed by atoms with Crippen LogP contribution in [0.3, 0.4) is 0 Å². The van der Waals surface area contributed by atoms with Crippen LogP contribution < -0.4 is 0 Å². The first kappa shape index (κ1) is 15.5. The van der Waals surface area contributed by atoms with Gasteiger partial charge in [0.05, 0.1) is 5.76 Å². The van der Waals surface area contributed by atoms with E-state index < -0.39 is 0 Å². The Bertz CT molecular complexity index is 637. The first-order chi connectivity index (χ1) is 9.73. The molecule has 0 heterocycles. The molecule has 21 heavy (non-hydrogen) atoms. The van der Waals surface area contributed by atoms with Gasteiger partial charge in [-0.3, -0.25) is 9.59 Å². The highest BCUT2D eigenvalue weighted by Gasteiger charge is 2.27. The smallest absolute Gasteiger partial charge is 0.160 e. The van der Waals surface area contributed by atoms with Crippen molar-refractivity contribution in [3.05, 3.63) is 45.2 Å². The second-order valence-corrected chi connectivity index (χ2v) is 6.05. The maximum Gasteiger partial charge on any atom is 0.160 e. The summed E-state index contributed by atoms with van der Waals surface area (Å²) >= 11 is 0. The van der Waals surface area contributed by atoms with E-state index in [1.807, 2.05) is 27.7 Å². The Labute approximate surface area is 125 Å². The Balaban J connectivity index is 2.64. The van der Waals surface area contributed by atoms with Crippen LogP contribution in [0.15, 0.2) is 11.8 Å². The van der Waals surface area contributed by atoms with E-state index in [1.165, 1.54) is 6.08 Å². The molecule has 0 saturated carbocycles. The number of ketones is 2. The fourth-order valence-corrected chi connectivity index (χ4v) is 3.56. The molecular weight excluding hydrogens is 264 g/mol. The van der Waals surface area contributed by atoms with Gasteiger partial charge in [-0.15, -0.1) is 0 Å². The minimum atomic E-state index is -0.0338. The number of hydrogen-bond donors (Lipinski definition) is 1. The summed E-state index contributed by atoms with van der Waals surface area (Å²) in [7, 11) is 0. The Morgan fingerprint density at radius 3 is 2.00 bits per heavy atom. The number of Topliss-reactive ketones (excluding diaryl/α,β-unsaturated/α-hetero) is 1. The summed E-state index contributed by atoms with van der Waals surface area (Å²) in [4.78, 5) is 23.6. The van der Waals surface area contributed by atoms with Crippen molar-refractivity contribution < 1.29 is 14.7 Å². The van der Waals surface area contributed by atoms with Crippen LogP contribution in [0.4, 0.5) is 0 Å². The molecule has 0 aromatic heterocycles. The van der Waals surface area contributed by atoms with Crippen LogP contribution in [-0.2, 0) is 4.79 Å². The summed E-state index contributed by atoms with van der Waals surface area (Å²) < 4.78 is 0. The van der Waals surface area contributed by atoms with Crippen molar-refractivity contribution in [2.24, 2.45) is 0 Å². The zero-order chi connectivity index (χ0) is 15.9. The van der Waals surface area contributed by atoms with Crippen LogP contribution >= 0.6 is 0 Å². The van der Waals surface area contributed by atoms with Gasteiger partial charge in [0.15, 0.2) is 11.6 Å². The molecule has 112 valence electrons. The summed E-state index contributed by atoms with van der Waals surface area (Å²) in [6.07, 6.45) is 2.24. The standard InChI is InChI=1S/C18H22O3/c1-9-11(3)18(12(4)10(2)17(9)13(5)19)14-6-15(20)8-16(21)7-14/h8,14,20H,6-7H2,1-5H3. The van der Waals surface area contributed by atoms with Gasteiger partial charge in [-0.2, -0.15) is 0 Å². The molecular formula is C18H22O3. The number of carbonyl (C=O) groups is 2. The van der Waals surface area contributed by atoms with E-state index in [4.69, 9.17) is 0 Å². The zero-order valence-corrected chi connectivity index (χ0v) is 13.3. The van der Waals surface area contributed by atoms with Crippen LogP contribution in [0, 0.1) is 27.7 Å². The quantitative estimate of drug-likeness (QED) is 0.836. The van der Waals surface area contributed by atoms with E-state index >= 15 is 0 Å². The van der Waals surface area contributed by atoms with E-state index in [0.29, 0.717) is 12.8 Å². The lowest BCUT2D eigenvalue weighted by atomic mass is 9.77. The summed E-state index contributed by atoms with van der Waals surface area (Å²) in [5.41, 5.74) is 6.01. The molecule has 1 atom stereocenters.